The first-order valence-electron chi connectivity index (χ1n) is 8.96. The minimum atomic E-state index is 0.255. The molecular weight excluding hydrogens is 290 g/mol. The van der Waals surface area contributed by atoms with Crippen LogP contribution in [0.4, 0.5) is 0 Å². The predicted molar refractivity (Wildman–Crippen MR) is 87.8 cm³/mol. The van der Waals surface area contributed by atoms with E-state index >= 15 is 0 Å². The van der Waals surface area contributed by atoms with E-state index in [1.165, 1.54) is 32.1 Å². The lowest BCUT2D eigenvalue weighted by Crippen LogP contribution is -2.45. The quantitative estimate of drug-likeness (QED) is 0.842. The second kappa shape index (κ2) is 6.42. The van der Waals surface area contributed by atoms with Crippen LogP contribution in [0.25, 0.3) is 0 Å². The Balaban J connectivity index is 1.39. The molecule has 0 unspecified atom stereocenters. The molecule has 3 aliphatic rings. The Morgan fingerprint density at radius 2 is 1.83 bits per heavy atom. The van der Waals surface area contributed by atoms with Crippen LogP contribution in [0, 0.1) is 11.8 Å². The lowest BCUT2D eigenvalue weighted by Gasteiger charge is -2.41. The van der Waals surface area contributed by atoms with Gasteiger partial charge in [0.2, 0.25) is 5.91 Å². The summed E-state index contributed by atoms with van der Waals surface area (Å²) < 4.78 is 11.2. The zero-order valence-corrected chi connectivity index (χ0v) is 13.6. The average Bonchev–Trinajstić information content (AvgIpc) is 2.61. The van der Waals surface area contributed by atoms with Gasteiger partial charge in [-0.25, -0.2) is 0 Å². The molecule has 4 rings (SSSR count). The minimum Gasteiger partial charge on any atom is -0.486 e. The summed E-state index contributed by atoms with van der Waals surface area (Å²) in [6, 6.07) is 5.86. The van der Waals surface area contributed by atoms with Crippen molar-refractivity contribution in [2.75, 3.05) is 26.3 Å². The number of carbonyl (C=O) groups excluding carboxylic acids is 1. The molecule has 1 saturated heterocycles. The van der Waals surface area contributed by atoms with E-state index in [1.54, 1.807) is 0 Å². The molecule has 0 aromatic heterocycles. The zero-order valence-electron chi connectivity index (χ0n) is 13.6. The molecule has 124 valence electrons. The lowest BCUT2D eigenvalue weighted by molar-refractivity contribution is -0.133. The maximum atomic E-state index is 12.7. The largest absolute Gasteiger partial charge is 0.486 e. The smallest absolute Gasteiger partial charge is 0.227 e. The van der Waals surface area contributed by atoms with Gasteiger partial charge >= 0.3 is 0 Å². The standard InChI is InChI=1S/C19H25NO3/c21-19(20-8-7-15-3-1-2-4-16(15)13-20)12-14-5-6-17-18(11-14)23-10-9-22-17/h5-6,11,15-16H,1-4,7-10,12-13H2/t15-,16+/m0/s1. The second-order valence-corrected chi connectivity index (χ2v) is 7.09. The zero-order chi connectivity index (χ0) is 15.6. The van der Waals surface area contributed by atoms with E-state index in [2.05, 4.69) is 4.90 Å². The molecule has 0 N–H and O–H groups in total. The predicted octanol–water partition coefficient (Wildman–Crippen LogP) is 3.04. The highest BCUT2D eigenvalue weighted by atomic mass is 16.6. The van der Waals surface area contributed by atoms with Crippen LogP contribution in [0.3, 0.4) is 0 Å². The van der Waals surface area contributed by atoms with Crippen LogP contribution >= 0.6 is 0 Å². The van der Waals surface area contributed by atoms with Gasteiger partial charge in [0.05, 0.1) is 6.42 Å². The molecule has 4 nitrogen and oxygen atoms in total. The average molecular weight is 315 g/mol. The highest BCUT2D eigenvalue weighted by Gasteiger charge is 2.32. The molecule has 0 bridgehead atoms. The molecule has 1 aliphatic carbocycles. The van der Waals surface area contributed by atoms with Crippen LogP contribution in [0.5, 0.6) is 11.5 Å². The van der Waals surface area contributed by atoms with Gasteiger partial charge in [-0.15, -0.1) is 0 Å². The van der Waals surface area contributed by atoms with E-state index in [1.807, 2.05) is 18.2 Å². The topological polar surface area (TPSA) is 38.8 Å². The number of benzene rings is 1. The van der Waals surface area contributed by atoms with E-state index < -0.39 is 0 Å². The van der Waals surface area contributed by atoms with E-state index in [-0.39, 0.29) is 5.91 Å². The molecule has 23 heavy (non-hydrogen) atoms. The molecule has 0 spiro atoms. The Morgan fingerprint density at radius 3 is 2.70 bits per heavy atom. The fourth-order valence-corrected chi connectivity index (χ4v) is 4.31. The maximum absolute atomic E-state index is 12.7. The Bertz CT molecular complexity index is 586. The van der Waals surface area contributed by atoms with E-state index in [9.17, 15) is 4.79 Å². The summed E-state index contributed by atoms with van der Waals surface area (Å²) in [4.78, 5) is 14.8. The SMILES string of the molecule is O=C(Cc1ccc2c(c1)OCCO2)N1CC[C@@H]2CCCC[C@@H]2C1. The van der Waals surface area contributed by atoms with Gasteiger partial charge in [0.25, 0.3) is 0 Å². The Hall–Kier alpha value is -1.71. The molecule has 2 aliphatic heterocycles. The fourth-order valence-electron chi connectivity index (χ4n) is 4.31. The number of carbonyl (C=O) groups is 1. The van der Waals surface area contributed by atoms with Gasteiger partial charge in [0.15, 0.2) is 11.5 Å². The van der Waals surface area contributed by atoms with Crippen LogP contribution in [-0.2, 0) is 11.2 Å². The van der Waals surface area contributed by atoms with E-state index in [4.69, 9.17) is 9.47 Å². The van der Waals surface area contributed by atoms with Gasteiger partial charge < -0.3 is 14.4 Å². The van der Waals surface area contributed by atoms with Crippen molar-refractivity contribution in [3.63, 3.8) is 0 Å². The summed E-state index contributed by atoms with van der Waals surface area (Å²) >= 11 is 0. The molecule has 0 radical (unpaired) electrons. The Kier molecular flexibility index (Phi) is 4.15. The van der Waals surface area contributed by atoms with Crippen molar-refractivity contribution in [3.8, 4) is 11.5 Å². The Morgan fingerprint density at radius 1 is 1.04 bits per heavy atom. The first kappa shape index (κ1) is 14.9. The molecule has 1 amide bonds. The lowest BCUT2D eigenvalue weighted by atomic mass is 9.75. The van der Waals surface area contributed by atoms with Crippen molar-refractivity contribution in [3.05, 3.63) is 23.8 Å². The van der Waals surface area contributed by atoms with Crippen molar-refractivity contribution in [2.24, 2.45) is 11.8 Å². The summed E-state index contributed by atoms with van der Waals surface area (Å²) in [6.45, 7) is 3.08. The first-order valence-corrected chi connectivity index (χ1v) is 8.96. The number of hydrogen-bond acceptors (Lipinski definition) is 3. The number of piperidine rings is 1. The number of likely N-dealkylation sites (tertiary alicyclic amines) is 1. The third-order valence-corrected chi connectivity index (χ3v) is 5.61. The molecule has 2 atom stereocenters. The van der Waals surface area contributed by atoms with Crippen LogP contribution in [0.15, 0.2) is 18.2 Å². The molecule has 2 fully saturated rings. The number of ether oxygens (including phenoxy) is 2. The fraction of sp³-hybridized carbons (Fsp3) is 0.632. The van der Waals surface area contributed by atoms with Crippen LogP contribution in [0.1, 0.15) is 37.7 Å². The third-order valence-electron chi connectivity index (χ3n) is 5.61. The summed E-state index contributed by atoms with van der Waals surface area (Å²) in [5.41, 5.74) is 1.02. The van der Waals surface area contributed by atoms with Gasteiger partial charge in [-0.2, -0.15) is 0 Å². The van der Waals surface area contributed by atoms with Crippen LogP contribution in [-0.4, -0.2) is 37.1 Å². The summed E-state index contributed by atoms with van der Waals surface area (Å²) in [6.07, 6.45) is 7.05. The highest BCUT2D eigenvalue weighted by Crippen LogP contribution is 2.36. The van der Waals surface area contributed by atoms with Crippen LogP contribution in [0.2, 0.25) is 0 Å². The maximum Gasteiger partial charge on any atom is 0.227 e. The van der Waals surface area contributed by atoms with E-state index in [0.29, 0.717) is 19.6 Å². The molecular formula is C19H25NO3. The summed E-state index contributed by atoms with van der Waals surface area (Å²) in [5.74, 6) is 3.41. The summed E-state index contributed by atoms with van der Waals surface area (Å²) in [5, 5.41) is 0. The van der Waals surface area contributed by atoms with Gasteiger partial charge in [-0.05, 0) is 42.4 Å². The number of hydrogen-bond donors (Lipinski definition) is 0. The first-order chi connectivity index (χ1) is 11.3. The third kappa shape index (κ3) is 3.17. The second-order valence-electron chi connectivity index (χ2n) is 7.09. The van der Waals surface area contributed by atoms with Crippen molar-refractivity contribution in [1.82, 2.24) is 4.90 Å². The molecule has 2 heterocycles. The van der Waals surface area contributed by atoms with E-state index in [0.717, 1.165) is 42.0 Å². The molecule has 4 heteroatoms. The summed E-state index contributed by atoms with van der Waals surface area (Å²) in [7, 11) is 0. The van der Waals surface area contributed by atoms with Gasteiger partial charge in [0.1, 0.15) is 13.2 Å². The number of fused-ring (bicyclic) bond motifs is 2. The Labute approximate surface area is 137 Å². The van der Waals surface area contributed by atoms with Gasteiger partial charge in [-0.3, -0.25) is 4.79 Å². The van der Waals surface area contributed by atoms with Crippen molar-refractivity contribution < 1.29 is 14.3 Å². The molecule has 1 aromatic rings. The van der Waals surface area contributed by atoms with Crippen LogP contribution < -0.4 is 9.47 Å². The number of amides is 1. The number of rotatable bonds is 2. The normalized spacial score (nSPS) is 26.5. The van der Waals surface area contributed by atoms with Gasteiger partial charge in [-0.1, -0.05) is 25.3 Å². The number of nitrogens with zero attached hydrogens (tertiary/aromatic N) is 1. The molecule has 1 saturated carbocycles. The monoisotopic (exact) mass is 315 g/mol. The van der Waals surface area contributed by atoms with Crippen molar-refractivity contribution in [2.45, 2.75) is 38.5 Å². The van der Waals surface area contributed by atoms with Crippen molar-refractivity contribution in [1.29, 1.82) is 0 Å². The minimum absolute atomic E-state index is 0.255. The molecule has 1 aromatic carbocycles. The highest BCUT2D eigenvalue weighted by molar-refractivity contribution is 5.79. The van der Waals surface area contributed by atoms with Crippen molar-refractivity contribution >= 4 is 5.91 Å². The van der Waals surface area contributed by atoms with Gasteiger partial charge in [0, 0.05) is 13.1 Å².